The average molecular weight is 294 g/mol. The van der Waals surface area contributed by atoms with Crippen LogP contribution in [0.2, 0.25) is 0 Å². The lowest BCUT2D eigenvalue weighted by atomic mass is 10.1. The lowest BCUT2D eigenvalue weighted by molar-refractivity contribution is -0.128. The van der Waals surface area contributed by atoms with Crippen LogP contribution >= 0.6 is 0 Å². The van der Waals surface area contributed by atoms with Gasteiger partial charge in [0.15, 0.2) is 0 Å². The molecule has 7 heteroatoms. The number of benzene rings is 1. The highest BCUT2D eigenvalue weighted by Gasteiger charge is 2.36. The van der Waals surface area contributed by atoms with Gasteiger partial charge in [-0.3, -0.25) is 4.79 Å². The predicted molar refractivity (Wildman–Crippen MR) is 73.1 cm³/mol. The van der Waals surface area contributed by atoms with E-state index in [4.69, 9.17) is 9.56 Å². The second-order valence-corrected chi connectivity index (χ2v) is 6.83. The molecule has 0 radical (unpaired) electrons. The summed E-state index contributed by atoms with van der Waals surface area (Å²) >= 11 is 0. The van der Waals surface area contributed by atoms with Crippen molar-refractivity contribution >= 4 is 26.9 Å². The minimum absolute atomic E-state index is 0.0349. The van der Waals surface area contributed by atoms with Crippen molar-refractivity contribution in [3.63, 3.8) is 0 Å². The van der Waals surface area contributed by atoms with Crippen molar-refractivity contribution in [3.05, 3.63) is 36.1 Å². The van der Waals surface area contributed by atoms with Crippen LogP contribution in [-0.2, 0) is 21.4 Å². The van der Waals surface area contributed by atoms with Gasteiger partial charge in [-0.25, -0.2) is 13.6 Å². The van der Waals surface area contributed by atoms with E-state index in [0.29, 0.717) is 6.54 Å². The number of amides is 1. The summed E-state index contributed by atoms with van der Waals surface area (Å²) in [7, 11) is -3.66. The second-order valence-electron chi connectivity index (χ2n) is 4.98. The molecule has 1 fully saturated rings. The summed E-state index contributed by atoms with van der Waals surface area (Å²) in [5.41, 5.74) is 1.71. The number of furan rings is 1. The van der Waals surface area contributed by atoms with Crippen LogP contribution < -0.4 is 5.14 Å². The van der Waals surface area contributed by atoms with Crippen molar-refractivity contribution in [1.82, 2.24) is 4.90 Å². The molecule has 3 rings (SSSR count). The van der Waals surface area contributed by atoms with Crippen LogP contribution in [0.5, 0.6) is 0 Å². The molecular weight excluding hydrogens is 280 g/mol. The molecule has 1 atom stereocenters. The van der Waals surface area contributed by atoms with Gasteiger partial charge in [0.2, 0.25) is 15.9 Å². The Morgan fingerprint density at radius 3 is 2.85 bits per heavy atom. The van der Waals surface area contributed by atoms with E-state index >= 15 is 0 Å². The smallest absolute Gasteiger partial charge is 0.224 e. The zero-order valence-electron chi connectivity index (χ0n) is 10.7. The van der Waals surface area contributed by atoms with E-state index in [-0.39, 0.29) is 18.9 Å². The summed E-state index contributed by atoms with van der Waals surface area (Å²) in [5, 5.41) is 5.26. The van der Waals surface area contributed by atoms with Gasteiger partial charge in [-0.2, -0.15) is 0 Å². The Balaban J connectivity index is 1.79. The minimum Gasteiger partial charge on any atom is -0.464 e. The van der Waals surface area contributed by atoms with Crippen LogP contribution in [-0.4, -0.2) is 31.0 Å². The lowest BCUT2D eigenvalue weighted by Gasteiger charge is -2.16. The number of carbonyl (C=O) groups is 1. The maximum Gasteiger partial charge on any atom is 0.224 e. The first-order valence-electron chi connectivity index (χ1n) is 6.19. The Morgan fingerprint density at radius 2 is 2.15 bits per heavy atom. The molecule has 6 nitrogen and oxygen atoms in total. The molecule has 1 aliphatic rings. The number of fused-ring (bicyclic) bond motifs is 1. The molecule has 2 aromatic rings. The second kappa shape index (κ2) is 4.60. The standard InChI is InChI=1S/C13H14N2O4S/c14-20(17,18)11-6-13(16)15(8-11)7-9-1-2-12-10(5-9)3-4-19-12/h1-5,11H,6-8H2,(H2,14,17,18). The molecule has 20 heavy (non-hydrogen) atoms. The molecule has 0 aliphatic carbocycles. The maximum absolute atomic E-state index is 11.8. The normalized spacial score (nSPS) is 19.9. The van der Waals surface area contributed by atoms with E-state index in [1.54, 1.807) is 6.26 Å². The fourth-order valence-corrected chi connectivity index (χ4v) is 3.21. The number of primary sulfonamides is 1. The molecule has 106 valence electrons. The first kappa shape index (κ1) is 13.1. The fourth-order valence-electron chi connectivity index (χ4n) is 2.44. The Labute approximate surface area is 116 Å². The maximum atomic E-state index is 11.8. The Hall–Kier alpha value is -1.86. The van der Waals surface area contributed by atoms with Crippen molar-refractivity contribution in [2.24, 2.45) is 5.14 Å². The number of hydrogen-bond donors (Lipinski definition) is 1. The summed E-state index contributed by atoms with van der Waals surface area (Å²) in [5.74, 6) is -0.184. The predicted octanol–water partition coefficient (Wildman–Crippen LogP) is 0.822. The molecule has 0 spiro atoms. The van der Waals surface area contributed by atoms with Gasteiger partial charge in [-0.05, 0) is 23.8 Å². The molecule has 0 bridgehead atoms. The van der Waals surface area contributed by atoms with E-state index in [1.165, 1.54) is 4.90 Å². The van der Waals surface area contributed by atoms with Gasteiger partial charge in [0, 0.05) is 24.9 Å². The molecule has 1 amide bonds. The number of nitrogens with zero attached hydrogens (tertiary/aromatic N) is 1. The summed E-state index contributed by atoms with van der Waals surface area (Å²) in [6.07, 6.45) is 1.57. The molecule has 1 saturated heterocycles. The summed E-state index contributed by atoms with van der Waals surface area (Å²) in [6.45, 7) is 0.535. The van der Waals surface area contributed by atoms with E-state index in [9.17, 15) is 13.2 Å². The van der Waals surface area contributed by atoms with Crippen LogP contribution in [0.3, 0.4) is 0 Å². The highest BCUT2D eigenvalue weighted by molar-refractivity contribution is 7.89. The van der Waals surface area contributed by atoms with Crippen LogP contribution in [0, 0.1) is 0 Å². The molecular formula is C13H14N2O4S. The van der Waals surface area contributed by atoms with Crippen LogP contribution in [0.1, 0.15) is 12.0 Å². The van der Waals surface area contributed by atoms with Crippen molar-refractivity contribution in [2.75, 3.05) is 6.54 Å². The molecule has 1 aromatic carbocycles. The van der Waals surface area contributed by atoms with E-state index in [0.717, 1.165) is 16.5 Å². The number of rotatable bonds is 3. The molecule has 1 aromatic heterocycles. The van der Waals surface area contributed by atoms with Gasteiger partial charge in [0.05, 0.1) is 6.26 Å². The van der Waals surface area contributed by atoms with Gasteiger partial charge in [-0.15, -0.1) is 0 Å². The summed E-state index contributed by atoms with van der Waals surface area (Å²) in [6, 6.07) is 7.47. The van der Waals surface area contributed by atoms with Crippen molar-refractivity contribution in [2.45, 2.75) is 18.2 Å². The van der Waals surface area contributed by atoms with Crippen molar-refractivity contribution < 1.29 is 17.6 Å². The highest BCUT2D eigenvalue weighted by Crippen LogP contribution is 2.22. The molecule has 1 aliphatic heterocycles. The monoisotopic (exact) mass is 294 g/mol. The zero-order valence-corrected chi connectivity index (χ0v) is 11.5. The zero-order chi connectivity index (χ0) is 14.3. The molecule has 2 N–H and O–H groups in total. The first-order chi connectivity index (χ1) is 9.43. The Bertz CT molecular complexity index is 766. The SMILES string of the molecule is NS(=O)(=O)C1CC(=O)N(Cc2ccc3occc3c2)C1. The lowest BCUT2D eigenvalue weighted by Crippen LogP contribution is -2.31. The average Bonchev–Trinajstić information content (AvgIpc) is 2.95. The molecule has 2 heterocycles. The summed E-state index contributed by atoms with van der Waals surface area (Å²) in [4.78, 5) is 13.4. The number of hydrogen-bond acceptors (Lipinski definition) is 4. The van der Waals surface area contributed by atoms with Gasteiger partial charge in [-0.1, -0.05) is 6.07 Å². The van der Waals surface area contributed by atoms with Gasteiger partial charge in [0.1, 0.15) is 10.8 Å². The van der Waals surface area contributed by atoms with Crippen LogP contribution in [0.15, 0.2) is 34.9 Å². The quantitative estimate of drug-likeness (QED) is 0.907. The van der Waals surface area contributed by atoms with Crippen molar-refractivity contribution in [1.29, 1.82) is 0 Å². The van der Waals surface area contributed by atoms with Crippen LogP contribution in [0.25, 0.3) is 11.0 Å². The van der Waals surface area contributed by atoms with Crippen molar-refractivity contribution in [3.8, 4) is 0 Å². The Morgan fingerprint density at radius 1 is 1.35 bits per heavy atom. The number of carbonyl (C=O) groups excluding carboxylic acids is 1. The molecule has 1 unspecified atom stereocenters. The van der Waals surface area contributed by atoms with Gasteiger partial charge < -0.3 is 9.32 Å². The van der Waals surface area contributed by atoms with Gasteiger partial charge in [0.25, 0.3) is 0 Å². The minimum atomic E-state index is -3.66. The molecule has 0 saturated carbocycles. The van der Waals surface area contributed by atoms with Gasteiger partial charge >= 0.3 is 0 Å². The third-order valence-corrected chi connectivity index (χ3v) is 4.78. The highest BCUT2D eigenvalue weighted by atomic mass is 32.2. The number of nitrogens with two attached hydrogens (primary N) is 1. The third kappa shape index (κ3) is 2.41. The van der Waals surface area contributed by atoms with E-state index < -0.39 is 15.3 Å². The number of likely N-dealkylation sites (tertiary alicyclic amines) is 1. The Kier molecular flexibility index (Phi) is 3.02. The third-order valence-electron chi connectivity index (χ3n) is 3.53. The first-order valence-corrected chi connectivity index (χ1v) is 7.80. The van der Waals surface area contributed by atoms with E-state index in [1.807, 2.05) is 24.3 Å². The largest absolute Gasteiger partial charge is 0.464 e. The van der Waals surface area contributed by atoms with E-state index in [2.05, 4.69) is 0 Å². The fraction of sp³-hybridized carbons (Fsp3) is 0.308. The van der Waals surface area contributed by atoms with Crippen LogP contribution in [0.4, 0.5) is 0 Å². The number of sulfonamides is 1. The topological polar surface area (TPSA) is 93.6 Å². The summed E-state index contributed by atoms with van der Waals surface area (Å²) < 4.78 is 27.9.